The lowest BCUT2D eigenvalue weighted by Crippen LogP contribution is -2.43. The highest BCUT2D eigenvalue weighted by Crippen LogP contribution is 2.40. The van der Waals surface area contributed by atoms with Gasteiger partial charge in [-0.15, -0.1) is 0 Å². The van der Waals surface area contributed by atoms with E-state index >= 15 is 0 Å². The molecule has 2 fully saturated rings. The van der Waals surface area contributed by atoms with E-state index in [1.165, 1.54) is 36.8 Å². The highest BCUT2D eigenvalue weighted by molar-refractivity contribution is 5.79. The molecule has 1 aromatic carbocycles. The molecule has 4 nitrogen and oxygen atoms in total. The van der Waals surface area contributed by atoms with E-state index in [-0.39, 0.29) is 24.0 Å². The lowest BCUT2D eigenvalue weighted by Gasteiger charge is -2.39. The SMILES string of the molecule is O=C(N[C@H](c1ccc2c(c1)CCO2)C1CC(O)C1)C1CCCCCC1. The van der Waals surface area contributed by atoms with E-state index in [1.54, 1.807) is 0 Å². The van der Waals surface area contributed by atoms with Crippen molar-refractivity contribution < 1.29 is 14.6 Å². The van der Waals surface area contributed by atoms with Gasteiger partial charge in [0.15, 0.2) is 0 Å². The summed E-state index contributed by atoms with van der Waals surface area (Å²) in [4.78, 5) is 12.9. The molecule has 1 atom stereocenters. The van der Waals surface area contributed by atoms with Crippen LogP contribution in [0, 0.1) is 11.8 Å². The van der Waals surface area contributed by atoms with Crippen LogP contribution in [0.3, 0.4) is 0 Å². The number of fused-ring (bicyclic) bond motifs is 1. The van der Waals surface area contributed by atoms with Gasteiger partial charge in [0.25, 0.3) is 0 Å². The van der Waals surface area contributed by atoms with Gasteiger partial charge in [-0.25, -0.2) is 0 Å². The van der Waals surface area contributed by atoms with Crippen LogP contribution in [0.5, 0.6) is 5.75 Å². The molecular weight excluding hydrogens is 314 g/mol. The maximum Gasteiger partial charge on any atom is 0.223 e. The van der Waals surface area contributed by atoms with Crippen molar-refractivity contribution in [2.24, 2.45) is 11.8 Å². The molecule has 1 amide bonds. The van der Waals surface area contributed by atoms with Gasteiger partial charge in [0.1, 0.15) is 5.75 Å². The molecule has 1 aliphatic heterocycles. The summed E-state index contributed by atoms with van der Waals surface area (Å²) in [6.45, 7) is 0.750. The van der Waals surface area contributed by atoms with Crippen molar-refractivity contribution in [2.45, 2.75) is 69.9 Å². The lowest BCUT2D eigenvalue weighted by atomic mass is 9.74. The third-order valence-corrected chi connectivity index (χ3v) is 6.22. The fourth-order valence-electron chi connectivity index (χ4n) is 4.59. The summed E-state index contributed by atoms with van der Waals surface area (Å²) in [6.07, 6.45) is 9.18. The minimum atomic E-state index is -0.208. The number of aliphatic hydroxyl groups excluding tert-OH is 1. The van der Waals surface area contributed by atoms with Crippen LogP contribution in [0.4, 0.5) is 0 Å². The van der Waals surface area contributed by atoms with E-state index in [0.717, 1.165) is 44.5 Å². The van der Waals surface area contributed by atoms with Crippen LogP contribution in [-0.2, 0) is 11.2 Å². The minimum absolute atomic E-state index is 0.0186. The van der Waals surface area contributed by atoms with Gasteiger partial charge in [0, 0.05) is 12.3 Å². The van der Waals surface area contributed by atoms with Crippen molar-refractivity contribution >= 4 is 5.91 Å². The Bertz CT molecular complexity index is 616. The van der Waals surface area contributed by atoms with Gasteiger partial charge in [-0.3, -0.25) is 4.79 Å². The zero-order valence-electron chi connectivity index (χ0n) is 14.9. The van der Waals surface area contributed by atoms with Crippen LogP contribution in [0.2, 0.25) is 0 Å². The number of rotatable bonds is 4. The zero-order valence-corrected chi connectivity index (χ0v) is 14.9. The summed E-state index contributed by atoms with van der Waals surface area (Å²) >= 11 is 0. The molecular formula is C21H29NO3. The minimum Gasteiger partial charge on any atom is -0.493 e. The molecule has 0 unspecified atom stereocenters. The van der Waals surface area contributed by atoms with Crippen molar-refractivity contribution in [1.82, 2.24) is 5.32 Å². The smallest absolute Gasteiger partial charge is 0.223 e. The predicted octanol–water partition coefficient (Wildman–Crippen LogP) is 3.52. The summed E-state index contributed by atoms with van der Waals surface area (Å²) < 4.78 is 5.61. The maximum atomic E-state index is 12.9. The lowest BCUT2D eigenvalue weighted by molar-refractivity contribution is -0.127. The Morgan fingerprint density at radius 1 is 1.16 bits per heavy atom. The standard InChI is InChI=1S/C21H29NO3/c23-18-12-17(13-18)20(16-7-8-19-15(11-16)9-10-25-19)22-21(24)14-5-3-1-2-4-6-14/h7-8,11,14,17-18,20,23H,1-6,9-10,12-13H2,(H,22,24)/t17?,18?,20-/m1/s1. The summed E-state index contributed by atoms with van der Waals surface area (Å²) in [7, 11) is 0. The topological polar surface area (TPSA) is 58.6 Å². The van der Waals surface area contributed by atoms with Crippen LogP contribution in [0.1, 0.15) is 68.5 Å². The highest BCUT2D eigenvalue weighted by Gasteiger charge is 2.37. The average molecular weight is 343 g/mol. The van der Waals surface area contributed by atoms with Crippen molar-refractivity contribution in [1.29, 1.82) is 0 Å². The van der Waals surface area contributed by atoms with Crippen LogP contribution >= 0.6 is 0 Å². The number of nitrogens with one attached hydrogen (secondary N) is 1. The Labute approximate surface area is 150 Å². The molecule has 4 heteroatoms. The first-order chi connectivity index (χ1) is 12.2. The second-order valence-corrected chi connectivity index (χ2v) is 8.03. The highest BCUT2D eigenvalue weighted by atomic mass is 16.5. The van der Waals surface area contributed by atoms with Gasteiger partial charge in [0.05, 0.1) is 18.8 Å². The molecule has 2 aliphatic carbocycles. The summed E-state index contributed by atoms with van der Waals surface area (Å²) in [5.41, 5.74) is 2.41. The van der Waals surface area contributed by atoms with E-state index < -0.39 is 0 Å². The molecule has 4 rings (SSSR count). The van der Waals surface area contributed by atoms with Crippen molar-refractivity contribution in [3.05, 3.63) is 29.3 Å². The Morgan fingerprint density at radius 2 is 1.92 bits per heavy atom. The molecule has 0 bridgehead atoms. The summed E-state index contributed by atoms with van der Waals surface area (Å²) in [6, 6.07) is 6.35. The third kappa shape index (κ3) is 3.69. The maximum absolute atomic E-state index is 12.9. The van der Waals surface area contributed by atoms with Gasteiger partial charge >= 0.3 is 0 Å². The number of hydrogen-bond donors (Lipinski definition) is 2. The third-order valence-electron chi connectivity index (χ3n) is 6.22. The fourth-order valence-corrected chi connectivity index (χ4v) is 4.59. The number of carbonyl (C=O) groups excluding carboxylic acids is 1. The molecule has 2 N–H and O–H groups in total. The first-order valence-electron chi connectivity index (χ1n) is 9.95. The largest absolute Gasteiger partial charge is 0.493 e. The average Bonchev–Trinajstić information content (AvgIpc) is 2.88. The molecule has 2 saturated carbocycles. The van der Waals surface area contributed by atoms with Crippen molar-refractivity contribution in [3.8, 4) is 5.75 Å². The van der Waals surface area contributed by atoms with Gasteiger partial charge in [-0.05, 0) is 54.9 Å². The number of hydrogen-bond acceptors (Lipinski definition) is 3. The molecule has 136 valence electrons. The molecule has 0 saturated heterocycles. The number of carbonyl (C=O) groups is 1. The van der Waals surface area contributed by atoms with Gasteiger partial charge in [-0.2, -0.15) is 0 Å². The monoisotopic (exact) mass is 343 g/mol. The normalized spacial score (nSPS) is 27.6. The summed E-state index contributed by atoms with van der Waals surface area (Å²) in [5.74, 6) is 1.69. The van der Waals surface area contributed by atoms with Gasteiger partial charge < -0.3 is 15.2 Å². The van der Waals surface area contributed by atoms with Crippen LogP contribution < -0.4 is 10.1 Å². The van der Waals surface area contributed by atoms with Crippen molar-refractivity contribution in [3.63, 3.8) is 0 Å². The van der Waals surface area contributed by atoms with Crippen LogP contribution in [0.15, 0.2) is 18.2 Å². The Hall–Kier alpha value is -1.55. The molecule has 0 aromatic heterocycles. The van der Waals surface area contributed by atoms with Crippen LogP contribution in [-0.4, -0.2) is 23.7 Å². The van der Waals surface area contributed by atoms with E-state index in [1.807, 2.05) is 6.07 Å². The molecule has 1 aromatic rings. The van der Waals surface area contributed by atoms with Gasteiger partial charge in [-0.1, -0.05) is 31.7 Å². The van der Waals surface area contributed by atoms with E-state index in [4.69, 9.17) is 4.74 Å². The predicted molar refractivity (Wildman–Crippen MR) is 96.4 cm³/mol. The summed E-state index contributed by atoms with van der Waals surface area (Å²) in [5, 5.41) is 13.1. The quantitative estimate of drug-likeness (QED) is 0.823. The molecule has 1 heterocycles. The van der Waals surface area contributed by atoms with E-state index in [0.29, 0.717) is 5.92 Å². The van der Waals surface area contributed by atoms with Crippen LogP contribution in [0.25, 0.3) is 0 Å². The number of benzene rings is 1. The van der Waals surface area contributed by atoms with Gasteiger partial charge in [0.2, 0.25) is 5.91 Å². The number of amides is 1. The Kier molecular flexibility index (Phi) is 4.98. The number of ether oxygens (including phenoxy) is 1. The molecule has 0 radical (unpaired) electrons. The first-order valence-corrected chi connectivity index (χ1v) is 9.95. The molecule has 0 spiro atoms. The fraction of sp³-hybridized carbons (Fsp3) is 0.667. The van der Waals surface area contributed by atoms with Crippen molar-refractivity contribution in [2.75, 3.05) is 6.61 Å². The zero-order chi connectivity index (χ0) is 17.2. The molecule has 3 aliphatic rings. The molecule has 25 heavy (non-hydrogen) atoms. The van der Waals surface area contributed by atoms with E-state index in [9.17, 15) is 9.90 Å². The second kappa shape index (κ2) is 7.36. The second-order valence-electron chi connectivity index (χ2n) is 8.03. The Morgan fingerprint density at radius 3 is 2.64 bits per heavy atom. The van der Waals surface area contributed by atoms with E-state index in [2.05, 4.69) is 17.4 Å². The number of aliphatic hydroxyl groups is 1. The Balaban J connectivity index is 1.51. The first kappa shape index (κ1) is 16.9.